The molecule has 134 valence electrons. The van der Waals surface area contributed by atoms with Crippen molar-refractivity contribution in [2.24, 2.45) is 0 Å². The van der Waals surface area contributed by atoms with Gasteiger partial charge in [-0.05, 0) is 45.4 Å². The zero-order chi connectivity index (χ0) is 18.3. The van der Waals surface area contributed by atoms with Crippen molar-refractivity contribution in [2.75, 3.05) is 14.2 Å². The Bertz CT molecular complexity index is 581. The van der Waals surface area contributed by atoms with Gasteiger partial charge in [0.05, 0.1) is 14.2 Å². The Balaban J connectivity index is 2.53. The van der Waals surface area contributed by atoms with E-state index in [-0.39, 0.29) is 6.54 Å². The number of methoxy groups -OCH3 is 2. The van der Waals surface area contributed by atoms with Crippen molar-refractivity contribution >= 4 is 12.0 Å². The van der Waals surface area contributed by atoms with Gasteiger partial charge in [0.2, 0.25) is 0 Å². The highest BCUT2D eigenvalue weighted by Gasteiger charge is 2.22. The van der Waals surface area contributed by atoms with Crippen molar-refractivity contribution in [2.45, 2.75) is 45.9 Å². The molecule has 0 saturated heterocycles. The Morgan fingerprint density at radius 2 is 1.75 bits per heavy atom. The lowest BCUT2D eigenvalue weighted by Crippen LogP contribution is -2.46. The fourth-order valence-electron chi connectivity index (χ4n) is 1.87. The number of hydrogen-bond acceptors (Lipinski definition) is 5. The lowest BCUT2D eigenvalue weighted by atomic mass is 10.2. The van der Waals surface area contributed by atoms with Crippen LogP contribution >= 0.6 is 0 Å². The summed E-state index contributed by atoms with van der Waals surface area (Å²) in [5, 5.41) is 5.23. The third-order valence-electron chi connectivity index (χ3n) is 3.01. The van der Waals surface area contributed by atoms with Crippen LogP contribution < -0.4 is 20.1 Å². The second-order valence-corrected chi connectivity index (χ2v) is 6.27. The van der Waals surface area contributed by atoms with Gasteiger partial charge in [0.25, 0.3) is 0 Å². The maximum absolute atomic E-state index is 11.9. The molecule has 0 bridgehead atoms. The molecule has 1 aromatic carbocycles. The number of rotatable bonds is 6. The molecule has 1 rings (SSSR count). The Morgan fingerprint density at radius 3 is 2.29 bits per heavy atom. The van der Waals surface area contributed by atoms with Gasteiger partial charge in [0.15, 0.2) is 11.5 Å². The third kappa shape index (κ3) is 6.36. The maximum Gasteiger partial charge on any atom is 0.328 e. The summed E-state index contributed by atoms with van der Waals surface area (Å²) in [5.74, 6) is 0.715. The zero-order valence-corrected chi connectivity index (χ0v) is 15.1. The maximum atomic E-state index is 11.9. The van der Waals surface area contributed by atoms with E-state index in [0.717, 1.165) is 5.56 Å². The number of carbonyl (C=O) groups excluding carboxylic acids is 2. The number of benzene rings is 1. The minimum atomic E-state index is -0.741. The normalized spacial score (nSPS) is 12.1. The monoisotopic (exact) mass is 338 g/mol. The first kappa shape index (κ1) is 19.6. The van der Waals surface area contributed by atoms with Gasteiger partial charge in [-0.2, -0.15) is 0 Å². The highest BCUT2D eigenvalue weighted by Crippen LogP contribution is 2.27. The summed E-state index contributed by atoms with van der Waals surface area (Å²) in [6.07, 6.45) is 0. The van der Waals surface area contributed by atoms with E-state index in [1.165, 1.54) is 0 Å². The summed E-state index contributed by atoms with van der Waals surface area (Å²) in [6.45, 7) is 7.18. The molecule has 0 saturated carbocycles. The predicted octanol–water partition coefficient (Wildman–Crippen LogP) is 2.23. The van der Waals surface area contributed by atoms with Crippen molar-refractivity contribution in [1.29, 1.82) is 0 Å². The van der Waals surface area contributed by atoms with Crippen LogP contribution in [0.2, 0.25) is 0 Å². The van der Waals surface area contributed by atoms with Gasteiger partial charge in [-0.15, -0.1) is 0 Å². The van der Waals surface area contributed by atoms with Gasteiger partial charge >= 0.3 is 12.0 Å². The topological polar surface area (TPSA) is 85.9 Å². The fourth-order valence-corrected chi connectivity index (χ4v) is 1.87. The first-order valence-electron chi connectivity index (χ1n) is 7.64. The number of esters is 1. The van der Waals surface area contributed by atoms with E-state index in [1.807, 2.05) is 6.07 Å². The summed E-state index contributed by atoms with van der Waals surface area (Å²) in [5.41, 5.74) is 0.246. The standard InChI is InChI=1S/C17H26N2O5/c1-11(15(20)24-17(2,3)4)19-16(21)18-10-12-7-8-13(22-5)14(9-12)23-6/h7-9,11H,10H2,1-6H3,(H2,18,19,21)/t11-/m0/s1. The van der Waals surface area contributed by atoms with Crippen LogP contribution in [0.3, 0.4) is 0 Å². The largest absolute Gasteiger partial charge is 0.493 e. The van der Waals surface area contributed by atoms with Gasteiger partial charge < -0.3 is 24.8 Å². The van der Waals surface area contributed by atoms with Crippen molar-refractivity contribution in [1.82, 2.24) is 10.6 Å². The molecule has 2 amide bonds. The van der Waals surface area contributed by atoms with Crippen molar-refractivity contribution in [3.05, 3.63) is 23.8 Å². The quantitative estimate of drug-likeness (QED) is 0.777. The van der Waals surface area contributed by atoms with E-state index < -0.39 is 23.6 Å². The molecule has 24 heavy (non-hydrogen) atoms. The molecule has 1 atom stereocenters. The number of hydrogen-bond donors (Lipinski definition) is 2. The third-order valence-corrected chi connectivity index (χ3v) is 3.01. The molecular weight excluding hydrogens is 312 g/mol. The molecule has 0 radical (unpaired) electrons. The van der Waals surface area contributed by atoms with E-state index in [4.69, 9.17) is 14.2 Å². The molecule has 0 unspecified atom stereocenters. The molecule has 2 N–H and O–H groups in total. The average Bonchev–Trinajstić information content (AvgIpc) is 2.50. The highest BCUT2D eigenvalue weighted by molar-refractivity contribution is 5.83. The smallest absolute Gasteiger partial charge is 0.328 e. The number of carbonyl (C=O) groups is 2. The number of nitrogens with one attached hydrogen (secondary N) is 2. The Kier molecular flexibility index (Phi) is 6.88. The minimum absolute atomic E-state index is 0.285. The van der Waals surface area contributed by atoms with E-state index in [0.29, 0.717) is 11.5 Å². The van der Waals surface area contributed by atoms with E-state index in [2.05, 4.69) is 10.6 Å². The second-order valence-electron chi connectivity index (χ2n) is 6.27. The zero-order valence-electron chi connectivity index (χ0n) is 15.1. The molecule has 0 aliphatic heterocycles. The van der Waals surface area contributed by atoms with Gasteiger partial charge in [0, 0.05) is 6.54 Å². The summed E-state index contributed by atoms with van der Waals surface area (Å²) < 4.78 is 15.6. The molecule has 7 heteroatoms. The molecule has 0 aliphatic carbocycles. The molecule has 7 nitrogen and oxygen atoms in total. The van der Waals surface area contributed by atoms with Crippen molar-refractivity contribution in [3.8, 4) is 11.5 Å². The van der Waals surface area contributed by atoms with Gasteiger partial charge in [-0.3, -0.25) is 0 Å². The Morgan fingerprint density at radius 1 is 1.12 bits per heavy atom. The lowest BCUT2D eigenvalue weighted by Gasteiger charge is -2.22. The van der Waals surface area contributed by atoms with Crippen LogP contribution in [0, 0.1) is 0 Å². The summed E-state index contributed by atoms with van der Waals surface area (Å²) in [7, 11) is 3.10. The number of urea groups is 1. The van der Waals surface area contributed by atoms with E-state index in [1.54, 1.807) is 54.0 Å². The van der Waals surface area contributed by atoms with Gasteiger partial charge in [-0.25, -0.2) is 9.59 Å². The van der Waals surface area contributed by atoms with E-state index in [9.17, 15) is 9.59 Å². The molecule has 0 heterocycles. The average molecular weight is 338 g/mol. The molecule has 1 aromatic rings. The number of amides is 2. The first-order valence-corrected chi connectivity index (χ1v) is 7.64. The van der Waals surface area contributed by atoms with Gasteiger partial charge in [-0.1, -0.05) is 6.07 Å². The van der Waals surface area contributed by atoms with E-state index >= 15 is 0 Å². The predicted molar refractivity (Wildman–Crippen MR) is 90.2 cm³/mol. The lowest BCUT2D eigenvalue weighted by molar-refractivity contribution is -0.156. The summed E-state index contributed by atoms with van der Waals surface area (Å²) in [4.78, 5) is 23.7. The van der Waals surface area contributed by atoms with Crippen LogP contribution in [0.15, 0.2) is 18.2 Å². The van der Waals surface area contributed by atoms with Crippen LogP contribution in [-0.4, -0.2) is 37.9 Å². The van der Waals surface area contributed by atoms with Crippen molar-refractivity contribution < 1.29 is 23.8 Å². The first-order chi connectivity index (χ1) is 11.2. The molecule has 0 aromatic heterocycles. The molecule has 0 spiro atoms. The Labute approximate surface area is 142 Å². The summed E-state index contributed by atoms with van der Waals surface area (Å²) >= 11 is 0. The number of ether oxygens (including phenoxy) is 3. The van der Waals surface area contributed by atoms with Gasteiger partial charge in [0.1, 0.15) is 11.6 Å². The molecule has 0 fully saturated rings. The SMILES string of the molecule is COc1ccc(CNC(=O)N[C@@H](C)C(=O)OC(C)(C)C)cc1OC. The van der Waals surface area contributed by atoms with Crippen LogP contribution in [0.25, 0.3) is 0 Å². The molecular formula is C17H26N2O5. The second kappa shape index (κ2) is 8.42. The van der Waals surface area contributed by atoms with Crippen LogP contribution in [-0.2, 0) is 16.1 Å². The minimum Gasteiger partial charge on any atom is -0.493 e. The van der Waals surface area contributed by atoms with Crippen molar-refractivity contribution in [3.63, 3.8) is 0 Å². The van der Waals surface area contributed by atoms with Crippen LogP contribution in [0.5, 0.6) is 11.5 Å². The summed E-state index contributed by atoms with van der Waals surface area (Å²) in [6, 6.07) is 4.16. The van der Waals surface area contributed by atoms with Crippen LogP contribution in [0.4, 0.5) is 4.79 Å². The van der Waals surface area contributed by atoms with Crippen LogP contribution in [0.1, 0.15) is 33.3 Å². The fraction of sp³-hybridized carbons (Fsp3) is 0.529. The Hall–Kier alpha value is -2.44. The highest BCUT2D eigenvalue weighted by atomic mass is 16.6. The molecule has 0 aliphatic rings.